The molecule has 0 heterocycles. The Hall–Kier alpha value is -2.23. The average molecular weight is 233 g/mol. The van der Waals surface area contributed by atoms with Crippen molar-refractivity contribution in [3.8, 4) is 11.5 Å². The molecule has 0 bridgehead atoms. The fraction of sp³-hybridized carbons (Fsp3) is 0.0769. The van der Waals surface area contributed by atoms with E-state index in [1.165, 1.54) is 12.1 Å². The maximum Gasteiger partial charge on any atom is 0.158 e. The van der Waals surface area contributed by atoms with Crippen molar-refractivity contribution in [2.75, 3.05) is 12.6 Å². The monoisotopic (exact) mass is 233 g/mol. The zero-order chi connectivity index (χ0) is 12.1. The number of anilines is 1. The van der Waals surface area contributed by atoms with Crippen LogP contribution in [0.25, 0.3) is 0 Å². The Morgan fingerprint density at radius 1 is 1.00 bits per heavy atom. The number of halogens is 1. The summed E-state index contributed by atoms with van der Waals surface area (Å²) in [6, 6.07) is 13.2. The Morgan fingerprint density at radius 2 is 1.76 bits per heavy atom. The number of hydrogen-bond acceptors (Lipinski definition) is 3. The molecule has 4 heteroatoms. The van der Waals surface area contributed by atoms with Gasteiger partial charge in [-0.2, -0.15) is 0 Å². The molecule has 0 aliphatic carbocycles. The van der Waals surface area contributed by atoms with Gasteiger partial charge in [0.15, 0.2) is 5.75 Å². The summed E-state index contributed by atoms with van der Waals surface area (Å²) in [7, 11) is 1.58. The number of rotatable bonds is 4. The van der Waals surface area contributed by atoms with Gasteiger partial charge in [0, 0.05) is 12.1 Å². The molecule has 2 rings (SSSR count). The van der Waals surface area contributed by atoms with Gasteiger partial charge < -0.3 is 9.57 Å². The lowest BCUT2D eigenvalue weighted by Crippen LogP contribution is -2.04. The molecule has 0 aliphatic rings. The van der Waals surface area contributed by atoms with Crippen LogP contribution in [0.4, 0.5) is 10.1 Å². The molecule has 0 amide bonds. The Labute approximate surface area is 98.7 Å². The van der Waals surface area contributed by atoms with Crippen molar-refractivity contribution in [1.29, 1.82) is 0 Å². The van der Waals surface area contributed by atoms with Gasteiger partial charge in [0.25, 0.3) is 0 Å². The van der Waals surface area contributed by atoms with Crippen molar-refractivity contribution >= 4 is 5.69 Å². The van der Waals surface area contributed by atoms with Gasteiger partial charge in [-0.15, -0.1) is 0 Å². The first kappa shape index (κ1) is 11.3. The summed E-state index contributed by atoms with van der Waals surface area (Å²) < 4.78 is 18.0. The molecule has 0 spiro atoms. The second-order valence-electron chi connectivity index (χ2n) is 3.39. The van der Waals surface area contributed by atoms with Crippen LogP contribution >= 0.6 is 0 Å². The highest BCUT2D eigenvalue weighted by Gasteiger charge is 1.98. The number of hydrogen-bond donors (Lipinski definition) is 1. The Morgan fingerprint density at radius 3 is 2.53 bits per heavy atom. The molecule has 0 fully saturated rings. The van der Waals surface area contributed by atoms with Crippen molar-refractivity contribution in [1.82, 2.24) is 0 Å². The third-order valence-electron chi connectivity index (χ3n) is 2.15. The summed E-state index contributed by atoms with van der Waals surface area (Å²) in [5.41, 5.74) is 3.21. The molecule has 17 heavy (non-hydrogen) atoms. The first-order valence-corrected chi connectivity index (χ1v) is 5.10. The summed E-state index contributed by atoms with van der Waals surface area (Å²) >= 11 is 0. The van der Waals surface area contributed by atoms with E-state index >= 15 is 0 Å². The number of benzene rings is 2. The predicted octanol–water partition coefficient (Wildman–Crippen LogP) is 3.24. The van der Waals surface area contributed by atoms with Crippen LogP contribution in [0.3, 0.4) is 0 Å². The minimum Gasteiger partial charge on any atom is -0.497 e. The molecule has 0 unspecified atom stereocenters. The molecule has 0 atom stereocenters. The fourth-order valence-electron chi connectivity index (χ4n) is 1.33. The molecular weight excluding hydrogens is 221 g/mol. The third-order valence-corrected chi connectivity index (χ3v) is 2.15. The van der Waals surface area contributed by atoms with E-state index in [1.807, 2.05) is 6.07 Å². The lowest BCUT2D eigenvalue weighted by Gasteiger charge is -2.09. The fourth-order valence-corrected chi connectivity index (χ4v) is 1.33. The quantitative estimate of drug-likeness (QED) is 0.822. The van der Waals surface area contributed by atoms with Crippen LogP contribution in [0.1, 0.15) is 0 Å². The van der Waals surface area contributed by atoms with Crippen molar-refractivity contribution in [2.24, 2.45) is 0 Å². The molecular formula is C13H12FNO2. The van der Waals surface area contributed by atoms with Crippen molar-refractivity contribution in [3.63, 3.8) is 0 Å². The summed E-state index contributed by atoms with van der Waals surface area (Å²) in [5.74, 6) is 0.974. The lowest BCUT2D eigenvalue weighted by atomic mass is 10.3. The van der Waals surface area contributed by atoms with Crippen LogP contribution in [-0.2, 0) is 0 Å². The van der Waals surface area contributed by atoms with Gasteiger partial charge in [0.05, 0.1) is 12.8 Å². The minimum absolute atomic E-state index is 0.316. The minimum atomic E-state index is -0.316. The van der Waals surface area contributed by atoms with Gasteiger partial charge >= 0.3 is 0 Å². The normalized spacial score (nSPS) is 9.76. The zero-order valence-corrected chi connectivity index (χ0v) is 9.31. The molecule has 1 N–H and O–H groups in total. The van der Waals surface area contributed by atoms with E-state index in [1.54, 1.807) is 37.4 Å². The largest absolute Gasteiger partial charge is 0.497 e. The SMILES string of the molecule is COc1cccc(ONc2cccc(F)c2)c1. The summed E-state index contributed by atoms with van der Waals surface area (Å²) in [6.07, 6.45) is 0. The highest BCUT2D eigenvalue weighted by Crippen LogP contribution is 2.19. The zero-order valence-electron chi connectivity index (χ0n) is 9.31. The van der Waals surface area contributed by atoms with E-state index in [4.69, 9.17) is 9.57 Å². The van der Waals surface area contributed by atoms with Gasteiger partial charge in [-0.3, -0.25) is 0 Å². The maximum absolute atomic E-state index is 12.9. The van der Waals surface area contributed by atoms with Crippen molar-refractivity contribution in [2.45, 2.75) is 0 Å². The molecule has 2 aromatic rings. The Bertz CT molecular complexity index is 502. The van der Waals surface area contributed by atoms with Crippen molar-refractivity contribution in [3.05, 3.63) is 54.3 Å². The second-order valence-corrected chi connectivity index (χ2v) is 3.39. The highest BCUT2D eigenvalue weighted by molar-refractivity contribution is 5.42. The molecule has 0 aromatic heterocycles. The van der Waals surface area contributed by atoms with E-state index in [2.05, 4.69) is 5.48 Å². The van der Waals surface area contributed by atoms with Gasteiger partial charge in [-0.1, -0.05) is 12.1 Å². The van der Waals surface area contributed by atoms with E-state index in [0.717, 1.165) is 0 Å². The second kappa shape index (κ2) is 5.21. The molecule has 0 saturated carbocycles. The van der Waals surface area contributed by atoms with E-state index in [9.17, 15) is 4.39 Å². The third kappa shape index (κ3) is 3.11. The molecule has 0 radical (unpaired) electrons. The van der Waals surface area contributed by atoms with Crippen LogP contribution in [0.2, 0.25) is 0 Å². The molecule has 2 aromatic carbocycles. The molecule has 0 saturated heterocycles. The van der Waals surface area contributed by atoms with Crippen LogP contribution in [0.5, 0.6) is 11.5 Å². The van der Waals surface area contributed by atoms with Crippen LogP contribution in [0, 0.1) is 5.82 Å². The summed E-state index contributed by atoms with van der Waals surface area (Å²) in [5, 5.41) is 0. The van der Waals surface area contributed by atoms with Gasteiger partial charge in [0.1, 0.15) is 11.6 Å². The van der Waals surface area contributed by atoms with Crippen LogP contribution < -0.4 is 15.1 Å². The van der Waals surface area contributed by atoms with Gasteiger partial charge in [0.2, 0.25) is 0 Å². The van der Waals surface area contributed by atoms with Gasteiger partial charge in [-0.25, -0.2) is 9.87 Å². The highest BCUT2D eigenvalue weighted by atomic mass is 19.1. The molecule has 0 aliphatic heterocycles. The Kier molecular flexibility index (Phi) is 3.45. The van der Waals surface area contributed by atoms with E-state index in [0.29, 0.717) is 17.2 Å². The average Bonchev–Trinajstić information content (AvgIpc) is 2.37. The maximum atomic E-state index is 12.9. The topological polar surface area (TPSA) is 30.5 Å². The summed E-state index contributed by atoms with van der Waals surface area (Å²) in [4.78, 5) is 5.29. The first-order valence-electron chi connectivity index (χ1n) is 5.10. The van der Waals surface area contributed by atoms with E-state index in [-0.39, 0.29) is 5.82 Å². The predicted molar refractivity (Wildman–Crippen MR) is 63.6 cm³/mol. The first-order chi connectivity index (χ1) is 8.28. The van der Waals surface area contributed by atoms with Crippen LogP contribution in [0.15, 0.2) is 48.5 Å². The Balaban J connectivity index is 2.02. The molecule has 3 nitrogen and oxygen atoms in total. The van der Waals surface area contributed by atoms with Gasteiger partial charge in [-0.05, 0) is 24.3 Å². The smallest absolute Gasteiger partial charge is 0.158 e. The summed E-state index contributed by atoms with van der Waals surface area (Å²) in [6.45, 7) is 0. The van der Waals surface area contributed by atoms with Crippen molar-refractivity contribution < 1.29 is 14.0 Å². The van der Waals surface area contributed by atoms with E-state index < -0.39 is 0 Å². The van der Waals surface area contributed by atoms with Crippen LogP contribution in [-0.4, -0.2) is 7.11 Å². The number of nitrogens with one attached hydrogen (secondary N) is 1. The molecule has 88 valence electrons. The standard InChI is InChI=1S/C13H12FNO2/c1-16-12-6-3-7-13(9-12)17-15-11-5-2-4-10(14)8-11/h2-9,15H,1H3. The number of methoxy groups -OCH3 is 1. The number of ether oxygens (including phenoxy) is 1. The lowest BCUT2D eigenvalue weighted by molar-refractivity contribution is 0.389.